The lowest BCUT2D eigenvalue weighted by Crippen LogP contribution is -2.36. The van der Waals surface area contributed by atoms with Crippen LogP contribution in [-0.4, -0.2) is 83.1 Å². The molecule has 0 radical (unpaired) electrons. The van der Waals surface area contributed by atoms with Crippen molar-refractivity contribution >= 4 is 46.3 Å². The summed E-state index contributed by atoms with van der Waals surface area (Å²) in [5.74, 6) is 0.197. The lowest BCUT2D eigenvalue weighted by atomic mass is 10.1. The number of hydrogen-bond acceptors (Lipinski definition) is 9. The van der Waals surface area contributed by atoms with Crippen molar-refractivity contribution in [2.45, 2.75) is 57.1 Å². The summed E-state index contributed by atoms with van der Waals surface area (Å²) in [4.78, 5) is 13.5. The Balaban J connectivity index is 1.27. The SMILES string of the molecule is CC(c1cccc(N2CC[C@@H](N)C2)c1)S(=O)(=O)Nc1ccc(-c2cc3c(N4CCOCC4)ncnc3n2COCC[Si](C)(C)C)c(F)c1. The van der Waals surface area contributed by atoms with E-state index in [1.54, 1.807) is 25.1 Å². The van der Waals surface area contributed by atoms with Crippen molar-refractivity contribution in [3.05, 3.63) is 66.2 Å². The Kier molecular flexibility index (Phi) is 10.1. The van der Waals surface area contributed by atoms with Crippen LogP contribution >= 0.6 is 0 Å². The molecule has 4 heterocycles. The molecule has 0 bridgehead atoms. The predicted octanol–water partition coefficient (Wildman–Crippen LogP) is 5.43. The third-order valence-electron chi connectivity index (χ3n) is 9.10. The Bertz CT molecular complexity index is 1860. The molecule has 4 aromatic rings. The number of sulfonamides is 1. The molecule has 1 unspecified atom stereocenters. The molecule has 2 fully saturated rings. The maximum Gasteiger partial charge on any atom is 0.239 e. The second kappa shape index (κ2) is 14.1. The number of fused-ring (bicyclic) bond motifs is 1. The third-order valence-corrected chi connectivity index (χ3v) is 12.5. The number of rotatable bonds is 12. The molecule has 14 heteroatoms. The van der Waals surface area contributed by atoms with Crippen LogP contribution in [0.3, 0.4) is 0 Å². The monoisotopic (exact) mass is 695 g/mol. The van der Waals surface area contributed by atoms with Crippen LogP contribution in [0.25, 0.3) is 22.3 Å². The molecule has 6 rings (SSSR count). The van der Waals surface area contributed by atoms with E-state index in [0.29, 0.717) is 55.4 Å². The van der Waals surface area contributed by atoms with Crippen molar-refractivity contribution in [1.82, 2.24) is 14.5 Å². The summed E-state index contributed by atoms with van der Waals surface area (Å²) in [6.45, 7) is 13.4. The maximum atomic E-state index is 16.0. The zero-order valence-electron chi connectivity index (χ0n) is 28.2. The first kappa shape index (κ1) is 34.3. The van der Waals surface area contributed by atoms with Crippen molar-refractivity contribution in [2.24, 2.45) is 5.73 Å². The Labute approximate surface area is 283 Å². The molecule has 2 aliphatic rings. The van der Waals surface area contributed by atoms with E-state index in [0.717, 1.165) is 42.4 Å². The van der Waals surface area contributed by atoms with E-state index in [1.165, 1.54) is 12.4 Å². The average Bonchev–Trinajstić information content (AvgIpc) is 3.66. The average molecular weight is 696 g/mol. The molecular weight excluding hydrogens is 650 g/mol. The molecule has 2 aliphatic heterocycles. The molecule has 11 nitrogen and oxygen atoms in total. The van der Waals surface area contributed by atoms with E-state index < -0.39 is 29.2 Å². The molecule has 48 heavy (non-hydrogen) atoms. The molecule has 0 spiro atoms. The summed E-state index contributed by atoms with van der Waals surface area (Å²) >= 11 is 0. The van der Waals surface area contributed by atoms with Gasteiger partial charge in [-0.1, -0.05) is 31.8 Å². The Hall–Kier alpha value is -3.56. The molecule has 258 valence electrons. The van der Waals surface area contributed by atoms with Crippen LogP contribution in [0.5, 0.6) is 0 Å². The van der Waals surface area contributed by atoms with Crippen LogP contribution in [0.4, 0.5) is 21.6 Å². The van der Waals surface area contributed by atoms with E-state index >= 15 is 4.39 Å². The predicted molar refractivity (Wildman–Crippen MR) is 192 cm³/mol. The first-order chi connectivity index (χ1) is 22.9. The molecule has 2 aromatic heterocycles. The fourth-order valence-corrected chi connectivity index (χ4v) is 8.07. The van der Waals surface area contributed by atoms with Gasteiger partial charge < -0.3 is 29.6 Å². The number of nitrogens with one attached hydrogen (secondary N) is 1. The molecule has 3 N–H and O–H groups in total. The number of ether oxygens (including phenoxy) is 2. The van der Waals surface area contributed by atoms with Crippen LogP contribution in [0.1, 0.15) is 24.2 Å². The highest BCUT2D eigenvalue weighted by Gasteiger charge is 2.27. The maximum absolute atomic E-state index is 16.0. The van der Waals surface area contributed by atoms with Crippen LogP contribution in [-0.2, 0) is 26.2 Å². The lowest BCUT2D eigenvalue weighted by molar-refractivity contribution is 0.0908. The third kappa shape index (κ3) is 7.67. The summed E-state index contributed by atoms with van der Waals surface area (Å²) in [5.41, 5.74) is 9.35. The molecule has 0 saturated carbocycles. The number of nitrogens with zero attached hydrogens (tertiary/aromatic N) is 5. The largest absolute Gasteiger partial charge is 0.378 e. The quantitative estimate of drug-likeness (QED) is 0.147. The summed E-state index contributed by atoms with van der Waals surface area (Å²) in [5, 5.41) is -0.0798. The highest BCUT2D eigenvalue weighted by Crippen LogP contribution is 2.35. The fourth-order valence-electron chi connectivity index (χ4n) is 6.18. The van der Waals surface area contributed by atoms with Gasteiger partial charge in [0.15, 0.2) is 0 Å². The first-order valence-electron chi connectivity index (χ1n) is 16.6. The van der Waals surface area contributed by atoms with Crippen molar-refractivity contribution in [2.75, 3.05) is 60.5 Å². The standard InChI is InChI=1S/C34H46FN7O4SSi/c1-24(25-6-5-7-28(18-25)41-11-10-26(36)21-41)47(43,44)39-27-8-9-29(31(35)19-27)32-20-30-33(40-12-14-45-15-13-40)37-22-38-34(30)42(32)23-46-16-17-48(2,3)4/h5-9,18-20,22,24,26,39H,10-17,21,23,36H2,1-4H3/t24?,26-/m1/s1. The van der Waals surface area contributed by atoms with Gasteiger partial charge in [0, 0.05) is 58.2 Å². The lowest BCUT2D eigenvalue weighted by Gasteiger charge is -2.28. The first-order valence-corrected chi connectivity index (χ1v) is 21.8. The zero-order valence-corrected chi connectivity index (χ0v) is 30.0. The smallest absolute Gasteiger partial charge is 0.239 e. The summed E-state index contributed by atoms with van der Waals surface area (Å²) in [6.07, 6.45) is 2.43. The van der Waals surface area contributed by atoms with Gasteiger partial charge in [0.05, 0.1) is 30.0 Å². The highest BCUT2D eigenvalue weighted by molar-refractivity contribution is 7.92. The normalized spacial score (nSPS) is 18.1. The van der Waals surface area contributed by atoms with E-state index in [2.05, 4.69) is 44.1 Å². The second-order valence-electron chi connectivity index (χ2n) is 13.9. The Morgan fingerprint density at radius 1 is 1.08 bits per heavy atom. The van der Waals surface area contributed by atoms with Crippen LogP contribution in [0, 0.1) is 5.82 Å². The Morgan fingerprint density at radius 2 is 1.88 bits per heavy atom. The van der Waals surface area contributed by atoms with Crippen molar-refractivity contribution < 1.29 is 22.3 Å². The van der Waals surface area contributed by atoms with Crippen LogP contribution in [0.15, 0.2) is 54.9 Å². The number of hydrogen-bond donors (Lipinski definition) is 2. The topological polar surface area (TPSA) is 128 Å². The van der Waals surface area contributed by atoms with Gasteiger partial charge in [0.25, 0.3) is 0 Å². The van der Waals surface area contributed by atoms with E-state index in [-0.39, 0.29) is 18.5 Å². The molecule has 0 aliphatic carbocycles. The highest BCUT2D eigenvalue weighted by atomic mass is 32.2. The van der Waals surface area contributed by atoms with Gasteiger partial charge in [0.1, 0.15) is 35.6 Å². The minimum atomic E-state index is -3.90. The summed E-state index contributed by atoms with van der Waals surface area (Å²) < 4.78 is 59.2. The number of benzene rings is 2. The van der Waals surface area contributed by atoms with Crippen LogP contribution < -0.4 is 20.3 Å². The summed E-state index contributed by atoms with van der Waals surface area (Å²) in [7, 11) is -5.22. The van der Waals surface area contributed by atoms with Crippen molar-refractivity contribution in [3.8, 4) is 11.3 Å². The van der Waals surface area contributed by atoms with Gasteiger partial charge in [-0.05, 0) is 61.4 Å². The number of anilines is 3. The van der Waals surface area contributed by atoms with Gasteiger partial charge in [0.2, 0.25) is 10.0 Å². The number of aromatic nitrogens is 3. The molecular formula is C34H46FN7O4SSi. The molecule has 2 aromatic carbocycles. The molecule has 2 atom stereocenters. The van der Waals surface area contributed by atoms with Crippen molar-refractivity contribution in [3.63, 3.8) is 0 Å². The van der Waals surface area contributed by atoms with Gasteiger partial charge in [-0.3, -0.25) is 4.72 Å². The number of halogens is 1. The van der Waals surface area contributed by atoms with Gasteiger partial charge >= 0.3 is 0 Å². The van der Waals surface area contributed by atoms with Crippen LogP contribution in [0.2, 0.25) is 25.7 Å². The van der Waals surface area contributed by atoms with E-state index in [9.17, 15) is 8.42 Å². The zero-order chi connectivity index (χ0) is 34.1. The summed E-state index contributed by atoms with van der Waals surface area (Å²) in [6, 6.07) is 14.9. The number of morpholine rings is 1. The minimum absolute atomic E-state index is 0.109. The molecule has 2 saturated heterocycles. The minimum Gasteiger partial charge on any atom is -0.378 e. The van der Waals surface area contributed by atoms with Gasteiger partial charge in [-0.25, -0.2) is 22.8 Å². The van der Waals surface area contributed by atoms with E-state index in [4.69, 9.17) is 15.2 Å². The fraction of sp³-hybridized carbons (Fsp3) is 0.471. The molecule has 0 amide bonds. The van der Waals surface area contributed by atoms with Gasteiger partial charge in [-0.15, -0.1) is 0 Å². The van der Waals surface area contributed by atoms with Gasteiger partial charge in [-0.2, -0.15) is 0 Å². The van der Waals surface area contributed by atoms with E-state index in [1.807, 2.05) is 28.8 Å². The second-order valence-corrected chi connectivity index (χ2v) is 21.5. The number of nitrogens with two attached hydrogens (primary N) is 1. The van der Waals surface area contributed by atoms with Crippen molar-refractivity contribution in [1.29, 1.82) is 0 Å². The Morgan fingerprint density at radius 3 is 2.58 bits per heavy atom.